The van der Waals surface area contributed by atoms with Crippen LogP contribution in [0.2, 0.25) is 0 Å². The second kappa shape index (κ2) is 7.16. The largest absolute Gasteiger partial charge is 0.321 e. The van der Waals surface area contributed by atoms with Gasteiger partial charge < -0.3 is 5.32 Å². The average Bonchev–Trinajstić information content (AvgIpc) is 3.40. The van der Waals surface area contributed by atoms with Crippen LogP contribution in [0, 0.1) is 10.1 Å². The molecule has 0 bridgehead atoms. The number of nitro groups is 1. The molecule has 0 fully saturated rings. The zero-order chi connectivity index (χ0) is 19.5. The first-order chi connectivity index (χ1) is 13.6. The fourth-order valence-electron chi connectivity index (χ4n) is 2.71. The van der Waals surface area contributed by atoms with Gasteiger partial charge in [-0.2, -0.15) is 10.2 Å². The molecule has 2 aromatic carbocycles. The topological polar surface area (TPSA) is 119 Å². The Hall–Kier alpha value is -4.27. The van der Waals surface area contributed by atoms with Crippen molar-refractivity contribution in [2.24, 2.45) is 0 Å². The Bertz CT molecular complexity index is 1150. The third kappa shape index (κ3) is 3.49. The average molecular weight is 374 g/mol. The Kier molecular flexibility index (Phi) is 4.38. The molecule has 0 saturated heterocycles. The minimum absolute atomic E-state index is 0.0466. The van der Waals surface area contributed by atoms with E-state index in [1.165, 1.54) is 16.8 Å². The number of amides is 1. The summed E-state index contributed by atoms with van der Waals surface area (Å²) >= 11 is 0. The fraction of sp³-hybridized carbons (Fsp3) is 0. The standard InChI is InChI=1S/C19H14N6O3/c26-19(21-14-4-1-3-13(11-14)17-7-9-20-22-17)18-8-10-24(23-18)15-5-2-6-16(12-15)25(27)28/h1-12H,(H,20,22)(H,21,26). The number of H-pyrrole nitrogens is 1. The van der Waals surface area contributed by atoms with Crippen molar-refractivity contribution < 1.29 is 9.72 Å². The Labute approximate surface area is 158 Å². The third-order valence-corrected chi connectivity index (χ3v) is 4.06. The lowest BCUT2D eigenvalue weighted by Gasteiger charge is -2.05. The van der Waals surface area contributed by atoms with Crippen molar-refractivity contribution in [1.29, 1.82) is 0 Å². The van der Waals surface area contributed by atoms with Gasteiger partial charge >= 0.3 is 0 Å². The molecule has 9 heteroatoms. The SMILES string of the molecule is O=C(Nc1cccc(-c2ccn[nH]2)c1)c1ccn(-c2cccc([N+](=O)[O-])c2)n1. The van der Waals surface area contributed by atoms with E-state index < -0.39 is 4.92 Å². The normalized spacial score (nSPS) is 10.6. The van der Waals surface area contributed by atoms with Gasteiger partial charge in [0, 0.05) is 35.8 Å². The first-order valence-electron chi connectivity index (χ1n) is 8.32. The number of anilines is 1. The summed E-state index contributed by atoms with van der Waals surface area (Å²) in [5.74, 6) is -0.383. The number of non-ortho nitro benzene ring substituents is 1. The molecule has 1 amide bonds. The van der Waals surface area contributed by atoms with E-state index in [0.717, 1.165) is 11.3 Å². The summed E-state index contributed by atoms with van der Waals surface area (Å²) in [6.45, 7) is 0. The minimum atomic E-state index is -0.479. The number of nitrogens with zero attached hydrogens (tertiary/aromatic N) is 4. The molecule has 0 spiro atoms. The second-order valence-electron chi connectivity index (χ2n) is 5.93. The number of carbonyl (C=O) groups excluding carboxylic acids is 1. The van der Waals surface area contributed by atoms with Gasteiger partial charge in [0.2, 0.25) is 0 Å². The highest BCUT2D eigenvalue weighted by Crippen LogP contribution is 2.21. The van der Waals surface area contributed by atoms with Crippen molar-refractivity contribution in [2.75, 3.05) is 5.32 Å². The molecule has 0 aliphatic rings. The maximum atomic E-state index is 12.5. The van der Waals surface area contributed by atoms with Crippen LogP contribution in [0.4, 0.5) is 11.4 Å². The van der Waals surface area contributed by atoms with Crippen LogP contribution in [0.15, 0.2) is 73.1 Å². The second-order valence-corrected chi connectivity index (χ2v) is 5.93. The first-order valence-corrected chi connectivity index (χ1v) is 8.32. The molecule has 2 heterocycles. The number of nitro benzene ring substituents is 1. The first kappa shape index (κ1) is 17.2. The van der Waals surface area contributed by atoms with E-state index in [1.807, 2.05) is 24.3 Å². The third-order valence-electron chi connectivity index (χ3n) is 4.06. The molecule has 2 aromatic heterocycles. The van der Waals surface area contributed by atoms with Gasteiger partial charge in [-0.25, -0.2) is 4.68 Å². The Morgan fingerprint density at radius 3 is 2.75 bits per heavy atom. The molecule has 0 unspecified atom stereocenters. The zero-order valence-electron chi connectivity index (χ0n) is 14.4. The summed E-state index contributed by atoms with van der Waals surface area (Å²) in [5, 5.41) is 24.7. The van der Waals surface area contributed by atoms with Crippen molar-refractivity contribution >= 4 is 17.3 Å². The number of benzene rings is 2. The van der Waals surface area contributed by atoms with Crippen LogP contribution in [0.25, 0.3) is 16.9 Å². The summed E-state index contributed by atoms with van der Waals surface area (Å²) < 4.78 is 1.42. The number of hydrogen-bond acceptors (Lipinski definition) is 5. The molecular formula is C19H14N6O3. The molecular weight excluding hydrogens is 360 g/mol. The van der Waals surface area contributed by atoms with Crippen molar-refractivity contribution in [3.8, 4) is 16.9 Å². The van der Waals surface area contributed by atoms with Crippen LogP contribution in [0.5, 0.6) is 0 Å². The van der Waals surface area contributed by atoms with Gasteiger partial charge in [0.05, 0.1) is 16.3 Å². The maximum absolute atomic E-state index is 12.5. The molecule has 2 N–H and O–H groups in total. The highest BCUT2D eigenvalue weighted by Gasteiger charge is 2.13. The number of carbonyl (C=O) groups is 1. The summed E-state index contributed by atoms with van der Waals surface area (Å²) in [7, 11) is 0. The molecule has 0 saturated carbocycles. The lowest BCUT2D eigenvalue weighted by atomic mass is 10.1. The maximum Gasteiger partial charge on any atom is 0.276 e. The van der Waals surface area contributed by atoms with Crippen molar-refractivity contribution in [1.82, 2.24) is 20.0 Å². The molecule has 4 rings (SSSR count). The van der Waals surface area contributed by atoms with Crippen LogP contribution in [0.1, 0.15) is 10.5 Å². The van der Waals surface area contributed by atoms with Crippen molar-refractivity contribution in [3.63, 3.8) is 0 Å². The van der Waals surface area contributed by atoms with E-state index in [4.69, 9.17) is 0 Å². The van der Waals surface area contributed by atoms with E-state index >= 15 is 0 Å². The number of aromatic nitrogens is 4. The van der Waals surface area contributed by atoms with Gasteiger partial charge in [0.1, 0.15) is 0 Å². The van der Waals surface area contributed by atoms with Crippen LogP contribution < -0.4 is 5.32 Å². The van der Waals surface area contributed by atoms with Crippen LogP contribution in [0.3, 0.4) is 0 Å². The lowest BCUT2D eigenvalue weighted by molar-refractivity contribution is -0.384. The van der Waals surface area contributed by atoms with E-state index in [9.17, 15) is 14.9 Å². The molecule has 9 nitrogen and oxygen atoms in total. The fourth-order valence-corrected chi connectivity index (χ4v) is 2.71. The van der Waals surface area contributed by atoms with E-state index in [-0.39, 0.29) is 17.3 Å². The smallest absolute Gasteiger partial charge is 0.276 e. The highest BCUT2D eigenvalue weighted by atomic mass is 16.6. The number of aromatic amines is 1. The molecule has 0 aliphatic heterocycles. The number of hydrogen-bond donors (Lipinski definition) is 2. The minimum Gasteiger partial charge on any atom is -0.321 e. The van der Waals surface area contributed by atoms with Gasteiger partial charge in [0.15, 0.2) is 5.69 Å². The van der Waals surface area contributed by atoms with E-state index in [2.05, 4.69) is 20.6 Å². The Morgan fingerprint density at radius 2 is 1.96 bits per heavy atom. The van der Waals surface area contributed by atoms with Gasteiger partial charge in [-0.05, 0) is 30.3 Å². The van der Waals surface area contributed by atoms with Gasteiger partial charge in [-0.1, -0.05) is 18.2 Å². The van der Waals surface area contributed by atoms with E-state index in [0.29, 0.717) is 11.4 Å². The van der Waals surface area contributed by atoms with Crippen molar-refractivity contribution in [3.05, 3.63) is 88.9 Å². The Balaban J connectivity index is 1.53. The molecule has 0 aliphatic carbocycles. The molecule has 0 atom stereocenters. The van der Waals surface area contributed by atoms with Crippen molar-refractivity contribution in [2.45, 2.75) is 0 Å². The molecule has 4 aromatic rings. The van der Waals surface area contributed by atoms with E-state index in [1.54, 1.807) is 36.7 Å². The van der Waals surface area contributed by atoms with Crippen LogP contribution >= 0.6 is 0 Å². The number of rotatable bonds is 5. The van der Waals surface area contributed by atoms with Crippen LogP contribution in [-0.2, 0) is 0 Å². The van der Waals surface area contributed by atoms with Gasteiger partial charge in [-0.15, -0.1) is 0 Å². The predicted octanol–water partition coefficient (Wildman–Crippen LogP) is 3.42. The molecule has 28 heavy (non-hydrogen) atoms. The Morgan fingerprint density at radius 1 is 1.11 bits per heavy atom. The quantitative estimate of drug-likeness (QED) is 0.410. The molecule has 138 valence electrons. The molecule has 0 radical (unpaired) electrons. The summed E-state index contributed by atoms with van der Waals surface area (Å²) in [5.41, 5.74) is 2.98. The zero-order valence-corrected chi connectivity index (χ0v) is 14.4. The van der Waals surface area contributed by atoms with Gasteiger partial charge in [0.25, 0.3) is 11.6 Å². The van der Waals surface area contributed by atoms with Gasteiger partial charge in [-0.3, -0.25) is 20.0 Å². The summed E-state index contributed by atoms with van der Waals surface area (Å²) in [6.07, 6.45) is 3.23. The highest BCUT2D eigenvalue weighted by molar-refractivity contribution is 6.03. The monoisotopic (exact) mass is 374 g/mol. The summed E-state index contributed by atoms with van der Waals surface area (Å²) in [4.78, 5) is 23.0. The summed E-state index contributed by atoms with van der Waals surface area (Å²) in [6, 6.07) is 16.7. The van der Waals surface area contributed by atoms with Crippen LogP contribution in [-0.4, -0.2) is 30.8 Å². The lowest BCUT2D eigenvalue weighted by Crippen LogP contribution is -2.13. The number of nitrogens with one attached hydrogen (secondary N) is 2. The predicted molar refractivity (Wildman–Crippen MR) is 102 cm³/mol.